The van der Waals surface area contributed by atoms with Crippen molar-refractivity contribution in [2.45, 2.75) is 32.7 Å². The molecule has 1 amide bonds. The van der Waals surface area contributed by atoms with E-state index >= 15 is 0 Å². The maximum Gasteiger partial charge on any atom is 0.338 e. The van der Waals surface area contributed by atoms with Crippen molar-refractivity contribution in [1.29, 1.82) is 0 Å². The van der Waals surface area contributed by atoms with Crippen molar-refractivity contribution in [1.82, 2.24) is 5.32 Å². The van der Waals surface area contributed by atoms with Crippen molar-refractivity contribution >= 4 is 17.6 Å². The summed E-state index contributed by atoms with van der Waals surface area (Å²) in [6, 6.07) is 10.3. The smallest absolute Gasteiger partial charge is 0.338 e. The van der Waals surface area contributed by atoms with Gasteiger partial charge in [0.15, 0.2) is 0 Å². The number of unbranched alkanes of at least 4 members (excludes halogenated alkanes) is 1. The van der Waals surface area contributed by atoms with E-state index < -0.39 is 0 Å². The average Bonchev–Trinajstić information content (AvgIpc) is 3.15. The molecule has 2 rings (SSSR count). The van der Waals surface area contributed by atoms with Gasteiger partial charge in [0.1, 0.15) is 5.76 Å². The molecule has 0 radical (unpaired) electrons. The topological polar surface area (TPSA) is 80.6 Å². The molecule has 25 heavy (non-hydrogen) atoms. The van der Waals surface area contributed by atoms with Gasteiger partial charge in [-0.2, -0.15) is 0 Å². The Balaban J connectivity index is 1.77. The first-order valence-corrected chi connectivity index (χ1v) is 8.44. The minimum atomic E-state index is -0.329. The number of furan rings is 1. The minimum Gasteiger partial charge on any atom is -0.467 e. The van der Waals surface area contributed by atoms with Crippen LogP contribution in [0.5, 0.6) is 0 Å². The predicted molar refractivity (Wildman–Crippen MR) is 95.4 cm³/mol. The Morgan fingerprint density at radius 1 is 1.20 bits per heavy atom. The van der Waals surface area contributed by atoms with Crippen LogP contribution in [0.15, 0.2) is 47.1 Å². The fourth-order valence-corrected chi connectivity index (χ4v) is 2.20. The van der Waals surface area contributed by atoms with Crippen LogP contribution in [0.3, 0.4) is 0 Å². The lowest BCUT2D eigenvalue weighted by molar-refractivity contribution is -0.120. The molecule has 6 heteroatoms. The molecule has 0 saturated carbocycles. The summed E-state index contributed by atoms with van der Waals surface area (Å²) < 4.78 is 10.4. The maximum atomic E-state index is 12.0. The van der Waals surface area contributed by atoms with E-state index in [2.05, 4.69) is 10.6 Å². The van der Waals surface area contributed by atoms with E-state index in [0.29, 0.717) is 17.9 Å². The lowest BCUT2D eigenvalue weighted by atomic mass is 10.2. The molecule has 1 aromatic carbocycles. The van der Waals surface area contributed by atoms with Gasteiger partial charge in [-0.1, -0.05) is 13.3 Å². The molecule has 0 saturated heterocycles. The number of ether oxygens (including phenoxy) is 1. The average molecular weight is 344 g/mol. The van der Waals surface area contributed by atoms with E-state index in [1.54, 1.807) is 36.6 Å². The highest BCUT2D eigenvalue weighted by Gasteiger charge is 2.11. The Morgan fingerprint density at radius 2 is 1.96 bits per heavy atom. The van der Waals surface area contributed by atoms with Crippen molar-refractivity contribution in [3.63, 3.8) is 0 Å². The van der Waals surface area contributed by atoms with Crippen LogP contribution in [0.2, 0.25) is 0 Å². The minimum absolute atomic E-state index is 0.130. The number of hydrogen-bond acceptors (Lipinski definition) is 5. The lowest BCUT2D eigenvalue weighted by Gasteiger charge is -2.12. The molecule has 0 bridgehead atoms. The van der Waals surface area contributed by atoms with Gasteiger partial charge in [0.05, 0.1) is 31.0 Å². The number of nitrogens with one attached hydrogen (secondary N) is 2. The Labute approximate surface area is 147 Å². The monoisotopic (exact) mass is 344 g/mol. The van der Waals surface area contributed by atoms with Gasteiger partial charge in [-0.3, -0.25) is 4.79 Å². The van der Waals surface area contributed by atoms with Gasteiger partial charge in [0, 0.05) is 5.69 Å². The highest BCUT2D eigenvalue weighted by atomic mass is 16.5. The molecule has 0 fully saturated rings. The van der Waals surface area contributed by atoms with Gasteiger partial charge in [-0.05, 0) is 49.7 Å². The summed E-state index contributed by atoms with van der Waals surface area (Å²) in [7, 11) is 0. The Morgan fingerprint density at radius 3 is 2.60 bits per heavy atom. The van der Waals surface area contributed by atoms with Crippen molar-refractivity contribution in [2.24, 2.45) is 0 Å². The molecule has 1 atom stereocenters. The molecule has 2 N–H and O–H groups in total. The van der Waals surface area contributed by atoms with Crippen LogP contribution in [0, 0.1) is 0 Å². The number of hydrogen-bond donors (Lipinski definition) is 2. The molecular weight excluding hydrogens is 320 g/mol. The molecule has 0 aliphatic rings. The van der Waals surface area contributed by atoms with Crippen LogP contribution in [-0.4, -0.2) is 25.0 Å². The second-order valence-corrected chi connectivity index (χ2v) is 5.72. The van der Waals surface area contributed by atoms with Gasteiger partial charge in [0.2, 0.25) is 5.91 Å². The summed E-state index contributed by atoms with van der Waals surface area (Å²) in [5.41, 5.74) is 1.25. The normalized spacial score (nSPS) is 11.6. The van der Waals surface area contributed by atoms with E-state index in [1.807, 2.05) is 19.9 Å². The van der Waals surface area contributed by atoms with Crippen LogP contribution in [0.1, 0.15) is 48.8 Å². The highest BCUT2D eigenvalue weighted by Crippen LogP contribution is 2.13. The molecule has 2 aromatic rings. The predicted octanol–water partition coefficient (Wildman–Crippen LogP) is 3.53. The van der Waals surface area contributed by atoms with Crippen LogP contribution in [0.25, 0.3) is 0 Å². The van der Waals surface area contributed by atoms with Crippen LogP contribution in [-0.2, 0) is 9.53 Å². The molecule has 6 nitrogen and oxygen atoms in total. The van der Waals surface area contributed by atoms with Crippen molar-refractivity contribution in [3.05, 3.63) is 54.0 Å². The molecular formula is C19H24N2O4. The highest BCUT2D eigenvalue weighted by molar-refractivity contribution is 5.90. The molecule has 1 aromatic heterocycles. The lowest BCUT2D eigenvalue weighted by Crippen LogP contribution is -2.31. The number of carbonyl (C=O) groups excluding carboxylic acids is 2. The molecule has 134 valence electrons. The van der Waals surface area contributed by atoms with Crippen molar-refractivity contribution < 1.29 is 18.7 Å². The van der Waals surface area contributed by atoms with Crippen LogP contribution < -0.4 is 10.6 Å². The number of esters is 1. The number of benzene rings is 1. The first-order valence-electron chi connectivity index (χ1n) is 8.44. The Bertz CT molecular complexity index is 665. The zero-order valence-electron chi connectivity index (χ0n) is 14.6. The zero-order chi connectivity index (χ0) is 18.1. The maximum absolute atomic E-state index is 12.0. The van der Waals surface area contributed by atoms with Crippen molar-refractivity contribution in [2.75, 3.05) is 18.5 Å². The molecule has 0 spiro atoms. The zero-order valence-corrected chi connectivity index (χ0v) is 14.6. The first kappa shape index (κ1) is 18.6. The third kappa shape index (κ3) is 5.99. The number of rotatable bonds is 9. The van der Waals surface area contributed by atoms with Gasteiger partial charge in [-0.25, -0.2) is 4.79 Å². The number of amides is 1. The second-order valence-electron chi connectivity index (χ2n) is 5.72. The van der Waals surface area contributed by atoms with E-state index in [0.717, 1.165) is 18.5 Å². The quantitative estimate of drug-likeness (QED) is 0.537. The van der Waals surface area contributed by atoms with Crippen LogP contribution >= 0.6 is 0 Å². The SMILES string of the molecule is CCCCOC(=O)c1ccc(NCC(=O)NC(C)c2ccco2)cc1. The summed E-state index contributed by atoms with van der Waals surface area (Å²) in [6.07, 6.45) is 3.42. The van der Waals surface area contributed by atoms with Gasteiger partial charge in [0.25, 0.3) is 0 Å². The third-order valence-electron chi connectivity index (χ3n) is 3.65. The van der Waals surface area contributed by atoms with E-state index in [1.165, 1.54) is 0 Å². The summed E-state index contributed by atoms with van der Waals surface area (Å²) in [6.45, 7) is 4.46. The van der Waals surface area contributed by atoms with E-state index in [4.69, 9.17) is 9.15 Å². The van der Waals surface area contributed by atoms with E-state index in [-0.39, 0.29) is 24.5 Å². The third-order valence-corrected chi connectivity index (χ3v) is 3.65. The molecule has 1 unspecified atom stereocenters. The van der Waals surface area contributed by atoms with Gasteiger partial charge >= 0.3 is 5.97 Å². The van der Waals surface area contributed by atoms with Crippen LogP contribution in [0.4, 0.5) is 5.69 Å². The van der Waals surface area contributed by atoms with E-state index in [9.17, 15) is 9.59 Å². The van der Waals surface area contributed by atoms with Crippen molar-refractivity contribution in [3.8, 4) is 0 Å². The fourth-order valence-electron chi connectivity index (χ4n) is 2.20. The largest absolute Gasteiger partial charge is 0.467 e. The summed E-state index contributed by atoms with van der Waals surface area (Å²) >= 11 is 0. The van der Waals surface area contributed by atoms with Gasteiger partial charge in [-0.15, -0.1) is 0 Å². The number of carbonyl (C=O) groups is 2. The fraction of sp³-hybridized carbons (Fsp3) is 0.368. The Hall–Kier alpha value is -2.76. The molecule has 1 heterocycles. The summed E-state index contributed by atoms with van der Waals surface area (Å²) in [5.74, 6) is 0.233. The Kier molecular flexibility index (Phi) is 7.07. The summed E-state index contributed by atoms with van der Waals surface area (Å²) in [4.78, 5) is 23.8. The van der Waals surface area contributed by atoms with Gasteiger partial charge < -0.3 is 19.8 Å². The standard InChI is InChI=1S/C19H24N2O4/c1-3-4-11-25-19(23)15-7-9-16(10-8-15)20-13-18(22)21-14(2)17-6-5-12-24-17/h5-10,12,14,20H,3-4,11,13H2,1-2H3,(H,21,22). The molecule has 0 aliphatic heterocycles. The molecule has 0 aliphatic carbocycles. The first-order chi connectivity index (χ1) is 12.1. The second kappa shape index (κ2) is 9.52. The number of anilines is 1. The summed E-state index contributed by atoms with van der Waals surface area (Å²) in [5, 5.41) is 5.86.